The Kier molecular flexibility index (Phi) is 7.04. The number of piperazine rings is 1. The van der Waals surface area contributed by atoms with Crippen LogP contribution in [-0.4, -0.2) is 88.7 Å². The van der Waals surface area contributed by atoms with Crippen LogP contribution in [0.2, 0.25) is 0 Å². The lowest BCUT2D eigenvalue weighted by Crippen LogP contribution is -2.52. The maximum atomic E-state index is 12.8. The van der Waals surface area contributed by atoms with E-state index in [1.165, 1.54) is 6.07 Å². The summed E-state index contributed by atoms with van der Waals surface area (Å²) < 4.78 is 10.9. The first-order chi connectivity index (χ1) is 16.8. The van der Waals surface area contributed by atoms with E-state index in [0.29, 0.717) is 49.9 Å². The van der Waals surface area contributed by atoms with E-state index in [-0.39, 0.29) is 30.5 Å². The second-order valence-corrected chi connectivity index (χ2v) is 8.53. The van der Waals surface area contributed by atoms with Gasteiger partial charge in [0.25, 0.3) is 5.91 Å². The molecule has 1 aliphatic carbocycles. The van der Waals surface area contributed by atoms with E-state index >= 15 is 0 Å². The summed E-state index contributed by atoms with van der Waals surface area (Å²) in [4.78, 5) is 56.5. The Morgan fingerprint density at radius 1 is 1.09 bits per heavy atom. The highest BCUT2D eigenvalue weighted by molar-refractivity contribution is 5.98. The van der Waals surface area contributed by atoms with E-state index in [2.05, 4.69) is 10.3 Å². The zero-order chi connectivity index (χ0) is 25.0. The van der Waals surface area contributed by atoms with E-state index in [9.17, 15) is 24.3 Å². The summed E-state index contributed by atoms with van der Waals surface area (Å²) in [6.07, 6.45) is 1.12. The zero-order valence-corrected chi connectivity index (χ0v) is 19.5. The third-order valence-electron chi connectivity index (χ3n) is 6.33. The molecule has 35 heavy (non-hydrogen) atoms. The fourth-order valence-corrected chi connectivity index (χ4v) is 4.12. The van der Waals surface area contributed by atoms with Crippen molar-refractivity contribution in [3.8, 4) is 5.75 Å². The average molecular weight is 485 g/mol. The number of aromatic nitrogens is 1. The van der Waals surface area contributed by atoms with Gasteiger partial charge < -0.3 is 29.7 Å². The van der Waals surface area contributed by atoms with Gasteiger partial charge in [-0.25, -0.2) is 14.6 Å². The van der Waals surface area contributed by atoms with Crippen molar-refractivity contribution in [2.24, 2.45) is 0 Å². The van der Waals surface area contributed by atoms with Gasteiger partial charge in [-0.05, 0) is 38.3 Å². The first-order valence-corrected chi connectivity index (χ1v) is 11.6. The molecule has 1 aromatic carbocycles. The van der Waals surface area contributed by atoms with Crippen LogP contribution in [0.25, 0.3) is 10.9 Å². The number of fused-ring (bicyclic) bond motifs is 1. The number of carbonyl (C=O) groups excluding carboxylic acids is 3. The van der Waals surface area contributed by atoms with Gasteiger partial charge in [0.1, 0.15) is 11.4 Å². The average Bonchev–Trinajstić information content (AvgIpc) is 2.84. The molecule has 2 aromatic rings. The van der Waals surface area contributed by atoms with Gasteiger partial charge in [0, 0.05) is 37.6 Å². The molecule has 0 unspecified atom stereocenters. The maximum Gasteiger partial charge on any atom is 0.409 e. The van der Waals surface area contributed by atoms with Gasteiger partial charge in [0.2, 0.25) is 11.5 Å². The van der Waals surface area contributed by atoms with Gasteiger partial charge in [-0.1, -0.05) is 12.1 Å². The molecule has 1 aromatic heterocycles. The third kappa shape index (κ3) is 5.13. The highest BCUT2D eigenvalue weighted by atomic mass is 16.6. The van der Waals surface area contributed by atoms with Crippen molar-refractivity contribution in [1.82, 2.24) is 20.1 Å². The smallest absolute Gasteiger partial charge is 0.409 e. The molecule has 11 nitrogen and oxygen atoms in total. The van der Waals surface area contributed by atoms with Crippen LogP contribution in [0.15, 0.2) is 30.3 Å². The minimum Gasteiger partial charge on any atom is -0.478 e. The maximum absolute atomic E-state index is 12.8. The number of rotatable bonds is 7. The summed E-state index contributed by atoms with van der Waals surface area (Å²) in [5.74, 6) is -1.62. The quantitative estimate of drug-likeness (QED) is 0.605. The molecule has 2 fully saturated rings. The Labute approximate surface area is 202 Å². The van der Waals surface area contributed by atoms with Crippen molar-refractivity contribution in [3.63, 3.8) is 0 Å². The highest BCUT2D eigenvalue weighted by Gasteiger charge is 2.47. The van der Waals surface area contributed by atoms with E-state index < -0.39 is 23.6 Å². The minimum absolute atomic E-state index is 0.0264. The number of nitrogens with zero attached hydrogens (tertiary/aromatic N) is 3. The number of carbonyl (C=O) groups is 4. The molecule has 1 aliphatic heterocycles. The molecule has 4 rings (SSSR count). The van der Waals surface area contributed by atoms with Crippen LogP contribution in [0.3, 0.4) is 0 Å². The third-order valence-corrected chi connectivity index (χ3v) is 6.33. The number of carboxylic acids is 1. The summed E-state index contributed by atoms with van der Waals surface area (Å²) in [7, 11) is 0. The van der Waals surface area contributed by atoms with Gasteiger partial charge in [-0.3, -0.25) is 9.59 Å². The fourth-order valence-electron chi connectivity index (χ4n) is 4.12. The van der Waals surface area contributed by atoms with Gasteiger partial charge in [-0.2, -0.15) is 0 Å². The second kappa shape index (κ2) is 10.2. The number of benzene rings is 1. The number of carboxylic acid groups (broad SMARTS) is 1. The molecule has 186 valence electrons. The molecule has 1 saturated carbocycles. The number of hydrogen-bond donors (Lipinski definition) is 2. The number of para-hydroxylation sites is 1. The molecule has 2 N–H and O–H groups in total. The normalized spacial score (nSPS) is 16.8. The van der Waals surface area contributed by atoms with Crippen LogP contribution in [0, 0.1) is 0 Å². The Bertz CT molecular complexity index is 1140. The number of amides is 3. The Hall–Kier alpha value is -3.89. The molecular weight excluding hydrogens is 456 g/mol. The van der Waals surface area contributed by atoms with Gasteiger partial charge in [-0.15, -0.1) is 0 Å². The van der Waals surface area contributed by atoms with E-state index in [4.69, 9.17) is 9.47 Å². The molecule has 2 aliphatic rings. The predicted molar refractivity (Wildman–Crippen MR) is 124 cm³/mol. The topological polar surface area (TPSA) is 138 Å². The molecular formula is C24H28N4O7. The highest BCUT2D eigenvalue weighted by Crippen LogP contribution is 2.39. The first-order valence-electron chi connectivity index (χ1n) is 11.6. The minimum atomic E-state index is -1.31. The van der Waals surface area contributed by atoms with Crippen LogP contribution >= 0.6 is 0 Å². The Morgan fingerprint density at radius 3 is 2.40 bits per heavy atom. The van der Waals surface area contributed by atoms with Gasteiger partial charge in [0.15, 0.2) is 0 Å². The zero-order valence-electron chi connectivity index (χ0n) is 19.5. The summed E-state index contributed by atoms with van der Waals surface area (Å²) in [6, 6.07) is 8.43. The number of aliphatic carboxylic acids is 1. The van der Waals surface area contributed by atoms with Crippen LogP contribution < -0.4 is 10.1 Å². The van der Waals surface area contributed by atoms with E-state index in [0.717, 1.165) is 6.42 Å². The fraction of sp³-hybridized carbons (Fsp3) is 0.458. The van der Waals surface area contributed by atoms with Crippen LogP contribution in [0.1, 0.15) is 36.7 Å². The lowest BCUT2D eigenvalue weighted by Gasteiger charge is -2.38. The molecule has 0 spiro atoms. The van der Waals surface area contributed by atoms with Crippen molar-refractivity contribution in [1.29, 1.82) is 0 Å². The molecule has 2 heterocycles. The van der Waals surface area contributed by atoms with Crippen molar-refractivity contribution < 1.29 is 33.8 Å². The number of hydrogen-bond acceptors (Lipinski definition) is 7. The van der Waals surface area contributed by atoms with Crippen molar-refractivity contribution >= 4 is 34.8 Å². The standard InChI is InChI=1S/C24H28N4O7/c1-2-34-23(33)28-12-10-27(11-13-28)20(29)15-25-21(30)18-14-19(16-6-3-4-7-17(16)26-18)35-24(22(31)32)8-5-9-24/h3-4,6-7,14H,2,5,8-13,15H2,1H3,(H,25,30)(H,31,32). The largest absolute Gasteiger partial charge is 0.478 e. The van der Waals surface area contributed by atoms with Gasteiger partial charge >= 0.3 is 12.1 Å². The summed E-state index contributed by atoms with van der Waals surface area (Å²) in [5, 5.41) is 12.8. The first kappa shape index (κ1) is 24.2. The molecule has 1 saturated heterocycles. The lowest BCUT2D eigenvalue weighted by atomic mass is 9.80. The predicted octanol–water partition coefficient (Wildman–Crippen LogP) is 1.65. The molecule has 0 radical (unpaired) electrons. The number of ether oxygens (including phenoxy) is 2. The van der Waals surface area contributed by atoms with Crippen molar-refractivity contribution in [3.05, 3.63) is 36.0 Å². The van der Waals surface area contributed by atoms with Crippen molar-refractivity contribution in [2.75, 3.05) is 39.3 Å². The summed E-state index contributed by atoms with van der Waals surface area (Å²) in [6.45, 7) is 3.19. The van der Waals surface area contributed by atoms with Crippen molar-refractivity contribution in [2.45, 2.75) is 31.8 Å². The van der Waals surface area contributed by atoms with Gasteiger partial charge in [0.05, 0.1) is 18.7 Å². The Morgan fingerprint density at radius 2 is 1.77 bits per heavy atom. The number of pyridine rings is 1. The van der Waals surface area contributed by atoms with Crippen LogP contribution in [-0.2, 0) is 14.3 Å². The SMILES string of the molecule is CCOC(=O)N1CCN(C(=O)CNC(=O)c2cc(OC3(C(=O)O)CCC3)c3ccccc3n2)CC1. The number of nitrogens with one attached hydrogen (secondary N) is 1. The summed E-state index contributed by atoms with van der Waals surface area (Å²) in [5.41, 5.74) is -0.797. The monoisotopic (exact) mass is 484 g/mol. The second-order valence-electron chi connectivity index (χ2n) is 8.53. The molecule has 3 amide bonds. The molecule has 0 bridgehead atoms. The summed E-state index contributed by atoms with van der Waals surface area (Å²) >= 11 is 0. The lowest BCUT2D eigenvalue weighted by molar-refractivity contribution is -0.163. The Balaban J connectivity index is 1.41. The van der Waals surface area contributed by atoms with Crippen LogP contribution in [0.4, 0.5) is 4.79 Å². The van der Waals surface area contributed by atoms with E-state index in [1.54, 1.807) is 41.0 Å². The van der Waals surface area contributed by atoms with E-state index in [1.807, 2.05) is 0 Å². The molecule has 0 atom stereocenters. The molecule has 11 heteroatoms. The van der Waals surface area contributed by atoms with Crippen LogP contribution in [0.5, 0.6) is 5.75 Å².